The maximum atomic E-state index is 4.36. The van der Waals surface area contributed by atoms with Crippen molar-refractivity contribution in [3.05, 3.63) is 57.1 Å². The summed E-state index contributed by atoms with van der Waals surface area (Å²) in [7, 11) is 0. The average Bonchev–Trinajstić information content (AvgIpc) is 2.29. The zero-order valence-electron chi connectivity index (χ0n) is 8.36. The third-order valence-corrected chi connectivity index (χ3v) is 4.37. The molecule has 0 aliphatic carbocycles. The molecule has 0 unspecified atom stereocenters. The van der Waals surface area contributed by atoms with Gasteiger partial charge in [-0.3, -0.25) is 0 Å². The number of benzene rings is 1. The summed E-state index contributed by atoms with van der Waals surface area (Å²) < 4.78 is 2.02. The fourth-order valence-electron chi connectivity index (χ4n) is 1.23. The van der Waals surface area contributed by atoms with E-state index < -0.39 is 0 Å². The summed E-state index contributed by atoms with van der Waals surface area (Å²) in [6.07, 6.45) is 1.82. The number of halogens is 2. The molecule has 82 valence electrons. The van der Waals surface area contributed by atoms with Gasteiger partial charge in [-0.15, -0.1) is 11.8 Å². The summed E-state index contributed by atoms with van der Waals surface area (Å²) in [4.78, 5) is 4.36. The van der Waals surface area contributed by atoms with Crippen molar-refractivity contribution >= 4 is 43.6 Å². The van der Waals surface area contributed by atoms with Crippen LogP contribution in [0.3, 0.4) is 0 Å². The highest BCUT2D eigenvalue weighted by Gasteiger charge is 2.03. The van der Waals surface area contributed by atoms with Gasteiger partial charge in [0.1, 0.15) is 5.03 Å². The quantitative estimate of drug-likeness (QED) is 0.724. The minimum atomic E-state index is 0.939. The molecule has 0 aliphatic rings. The van der Waals surface area contributed by atoms with Crippen molar-refractivity contribution in [1.29, 1.82) is 0 Å². The Balaban J connectivity index is 2.05. The monoisotopic (exact) mass is 357 g/mol. The topological polar surface area (TPSA) is 12.9 Å². The van der Waals surface area contributed by atoms with E-state index >= 15 is 0 Å². The van der Waals surface area contributed by atoms with Crippen molar-refractivity contribution in [3.8, 4) is 0 Å². The first-order valence-electron chi connectivity index (χ1n) is 4.73. The molecule has 0 spiro atoms. The summed E-state index contributed by atoms with van der Waals surface area (Å²) in [6.45, 7) is 0. The first kappa shape index (κ1) is 12.1. The molecule has 0 fully saturated rings. The molecule has 1 heterocycles. The maximum absolute atomic E-state index is 4.36. The predicted octanol–water partition coefficient (Wildman–Crippen LogP) is 4.90. The van der Waals surface area contributed by atoms with Gasteiger partial charge in [0.25, 0.3) is 0 Å². The van der Waals surface area contributed by atoms with Crippen LogP contribution in [0.15, 0.2) is 56.6 Å². The lowest BCUT2D eigenvalue weighted by atomic mass is 10.2. The lowest BCUT2D eigenvalue weighted by Crippen LogP contribution is -1.84. The summed E-state index contributed by atoms with van der Waals surface area (Å²) in [5.74, 6) is 0.939. The van der Waals surface area contributed by atoms with E-state index in [0.717, 1.165) is 19.7 Å². The zero-order chi connectivity index (χ0) is 11.4. The summed E-state index contributed by atoms with van der Waals surface area (Å²) in [5, 5.41) is 1.02. The van der Waals surface area contributed by atoms with Gasteiger partial charge in [0.15, 0.2) is 0 Å². The van der Waals surface area contributed by atoms with Crippen molar-refractivity contribution in [1.82, 2.24) is 4.98 Å². The Morgan fingerprint density at radius 1 is 1.12 bits per heavy atom. The Bertz CT molecular complexity index is 474. The molecular weight excluding hydrogens is 350 g/mol. The van der Waals surface area contributed by atoms with E-state index in [1.807, 2.05) is 18.3 Å². The normalized spacial score (nSPS) is 10.4. The van der Waals surface area contributed by atoms with Crippen LogP contribution in [-0.2, 0) is 5.75 Å². The van der Waals surface area contributed by atoms with Crippen LogP contribution in [0, 0.1) is 0 Å². The standard InChI is InChI=1S/C12H9Br2NS/c13-10-6-11(14)12(15-7-10)16-8-9-4-2-1-3-5-9/h1-7H,8H2. The molecule has 0 radical (unpaired) electrons. The number of rotatable bonds is 3. The van der Waals surface area contributed by atoms with Crippen LogP contribution >= 0.6 is 43.6 Å². The number of aromatic nitrogens is 1. The first-order chi connectivity index (χ1) is 7.75. The van der Waals surface area contributed by atoms with Gasteiger partial charge in [-0.25, -0.2) is 4.98 Å². The third-order valence-electron chi connectivity index (χ3n) is 1.99. The van der Waals surface area contributed by atoms with E-state index in [4.69, 9.17) is 0 Å². The maximum Gasteiger partial charge on any atom is 0.111 e. The Hall–Kier alpha value is -0.320. The van der Waals surface area contributed by atoms with Crippen molar-refractivity contribution in [2.45, 2.75) is 10.8 Å². The van der Waals surface area contributed by atoms with E-state index in [1.54, 1.807) is 11.8 Å². The third kappa shape index (κ3) is 3.34. The fraction of sp³-hybridized carbons (Fsp3) is 0.0833. The predicted molar refractivity (Wildman–Crippen MR) is 75.6 cm³/mol. The van der Waals surface area contributed by atoms with Gasteiger partial charge in [-0.2, -0.15) is 0 Å². The van der Waals surface area contributed by atoms with Crippen LogP contribution in [0.25, 0.3) is 0 Å². The van der Waals surface area contributed by atoms with Crippen LogP contribution < -0.4 is 0 Å². The second-order valence-corrected chi connectivity index (χ2v) is 5.95. The minimum Gasteiger partial charge on any atom is -0.248 e. The second-order valence-electron chi connectivity index (χ2n) is 3.21. The Labute approximate surface area is 116 Å². The van der Waals surface area contributed by atoms with Gasteiger partial charge in [0.2, 0.25) is 0 Å². The molecule has 2 aromatic rings. The number of hydrogen-bond donors (Lipinski definition) is 0. The van der Waals surface area contributed by atoms with Gasteiger partial charge in [0, 0.05) is 16.4 Å². The van der Waals surface area contributed by atoms with E-state index in [2.05, 4.69) is 61.1 Å². The Morgan fingerprint density at radius 3 is 2.56 bits per heavy atom. The smallest absolute Gasteiger partial charge is 0.111 e. The molecule has 1 aromatic heterocycles. The Morgan fingerprint density at radius 2 is 1.88 bits per heavy atom. The summed E-state index contributed by atoms with van der Waals surface area (Å²) in [6, 6.07) is 12.4. The summed E-state index contributed by atoms with van der Waals surface area (Å²) >= 11 is 8.63. The molecule has 0 amide bonds. The Kier molecular flexibility index (Phi) is 4.44. The van der Waals surface area contributed by atoms with Crippen molar-refractivity contribution in [3.63, 3.8) is 0 Å². The number of hydrogen-bond acceptors (Lipinski definition) is 2. The number of pyridine rings is 1. The van der Waals surface area contributed by atoms with Gasteiger partial charge >= 0.3 is 0 Å². The van der Waals surface area contributed by atoms with Gasteiger partial charge in [-0.1, -0.05) is 30.3 Å². The first-order valence-corrected chi connectivity index (χ1v) is 7.30. The lowest BCUT2D eigenvalue weighted by molar-refractivity contribution is 1.10. The second kappa shape index (κ2) is 5.84. The van der Waals surface area contributed by atoms with E-state index in [9.17, 15) is 0 Å². The van der Waals surface area contributed by atoms with Crippen molar-refractivity contribution in [2.24, 2.45) is 0 Å². The molecule has 0 saturated carbocycles. The highest BCUT2D eigenvalue weighted by atomic mass is 79.9. The molecule has 0 atom stereocenters. The number of thioether (sulfide) groups is 1. The van der Waals surface area contributed by atoms with E-state index in [-0.39, 0.29) is 0 Å². The van der Waals surface area contributed by atoms with Crippen LogP contribution in [0.1, 0.15) is 5.56 Å². The van der Waals surface area contributed by atoms with Crippen LogP contribution in [0.5, 0.6) is 0 Å². The largest absolute Gasteiger partial charge is 0.248 e. The van der Waals surface area contributed by atoms with Crippen LogP contribution in [-0.4, -0.2) is 4.98 Å². The fourth-order valence-corrected chi connectivity index (χ4v) is 3.38. The van der Waals surface area contributed by atoms with Gasteiger partial charge in [-0.05, 0) is 43.5 Å². The lowest BCUT2D eigenvalue weighted by Gasteiger charge is -2.03. The molecule has 16 heavy (non-hydrogen) atoms. The minimum absolute atomic E-state index is 0.939. The van der Waals surface area contributed by atoms with Crippen molar-refractivity contribution in [2.75, 3.05) is 0 Å². The molecule has 2 rings (SSSR count). The summed E-state index contributed by atoms with van der Waals surface area (Å²) in [5.41, 5.74) is 1.31. The van der Waals surface area contributed by atoms with Crippen molar-refractivity contribution < 1.29 is 0 Å². The highest BCUT2D eigenvalue weighted by Crippen LogP contribution is 2.29. The highest BCUT2D eigenvalue weighted by molar-refractivity contribution is 9.11. The molecule has 4 heteroatoms. The van der Waals surface area contributed by atoms with Crippen LogP contribution in [0.4, 0.5) is 0 Å². The molecule has 0 N–H and O–H groups in total. The zero-order valence-corrected chi connectivity index (χ0v) is 12.3. The molecule has 1 nitrogen and oxygen atoms in total. The van der Waals surface area contributed by atoms with E-state index in [1.165, 1.54) is 5.56 Å². The molecule has 0 bridgehead atoms. The molecule has 0 aliphatic heterocycles. The van der Waals surface area contributed by atoms with Gasteiger partial charge in [0.05, 0.1) is 4.47 Å². The average molecular weight is 359 g/mol. The number of nitrogens with zero attached hydrogens (tertiary/aromatic N) is 1. The van der Waals surface area contributed by atoms with E-state index in [0.29, 0.717) is 0 Å². The van der Waals surface area contributed by atoms with Gasteiger partial charge < -0.3 is 0 Å². The molecule has 0 saturated heterocycles. The SMILES string of the molecule is Brc1cnc(SCc2ccccc2)c(Br)c1. The van der Waals surface area contributed by atoms with Crippen LogP contribution in [0.2, 0.25) is 0 Å². The molecular formula is C12H9Br2NS. The molecule has 1 aromatic carbocycles.